The van der Waals surface area contributed by atoms with Crippen molar-refractivity contribution in [3.63, 3.8) is 0 Å². The molecule has 4 aromatic rings. The molecule has 0 spiro atoms. The van der Waals surface area contributed by atoms with Gasteiger partial charge in [-0.25, -0.2) is 0 Å². The molecule has 150 valence electrons. The molecule has 1 saturated heterocycles. The zero-order valence-corrected chi connectivity index (χ0v) is 17.8. The first kappa shape index (κ1) is 19.0. The largest absolute Gasteiger partial charge is 0.341 e. The van der Waals surface area contributed by atoms with Crippen molar-refractivity contribution in [2.75, 3.05) is 18.0 Å². The fourth-order valence-corrected chi connectivity index (χ4v) is 4.98. The van der Waals surface area contributed by atoms with Gasteiger partial charge in [-0.1, -0.05) is 35.5 Å². The maximum atomic E-state index is 9.69. The molecule has 30 heavy (non-hydrogen) atoms. The lowest BCUT2D eigenvalue weighted by molar-refractivity contribution is 0.841. The molecule has 1 aliphatic rings. The number of rotatable bonds is 5. The summed E-state index contributed by atoms with van der Waals surface area (Å²) in [5.41, 5.74) is 3.55. The zero-order chi connectivity index (χ0) is 20.5. The Bertz CT molecular complexity index is 1250. The Morgan fingerprint density at radius 1 is 1.10 bits per heavy atom. The van der Waals surface area contributed by atoms with E-state index in [1.807, 2.05) is 59.3 Å². The summed E-state index contributed by atoms with van der Waals surface area (Å²) < 4.78 is 4.06. The summed E-state index contributed by atoms with van der Waals surface area (Å²) in [6.45, 7) is 1.96. The first-order valence-electron chi connectivity index (χ1n) is 9.82. The highest BCUT2D eigenvalue weighted by Gasteiger charge is 2.23. The van der Waals surface area contributed by atoms with Crippen LogP contribution in [-0.2, 0) is 5.75 Å². The van der Waals surface area contributed by atoms with Crippen molar-refractivity contribution in [3.05, 3.63) is 71.0 Å². The van der Waals surface area contributed by atoms with Crippen molar-refractivity contribution in [2.45, 2.75) is 23.8 Å². The second-order valence-corrected chi connectivity index (χ2v) is 8.59. The van der Waals surface area contributed by atoms with E-state index >= 15 is 0 Å². The number of halogens is 1. The minimum absolute atomic E-state index is 0.628. The van der Waals surface area contributed by atoms with Crippen LogP contribution in [0.2, 0.25) is 5.02 Å². The Labute approximate surface area is 183 Å². The number of pyridine rings is 1. The third-order valence-corrected chi connectivity index (χ3v) is 6.52. The molecule has 0 saturated carbocycles. The molecule has 5 rings (SSSR count). The molecule has 0 N–H and O–H groups in total. The number of fused-ring (bicyclic) bond motifs is 1. The van der Waals surface area contributed by atoms with Crippen LogP contribution >= 0.6 is 23.4 Å². The number of hydrogen-bond acceptors (Lipinski definition) is 5. The topological polar surface area (TPSA) is 62.2 Å². The van der Waals surface area contributed by atoms with Gasteiger partial charge < -0.3 is 9.30 Å². The van der Waals surface area contributed by atoms with Gasteiger partial charge in [0.15, 0.2) is 5.16 Å². The summed E-state index contributed by atoms with van der Waals surface area (Å²) in [4.78, 5) is 2.27. The minimum atomic E-state index is 0.628. The molecule has 0 bridgehead atoms. The van der Waals surface area contributed by atoms with Crippen molar-refractivity contribution < 1.29 is 0 Å². The summed E-state index contributed by atoms with van der Waals surface area (Å²) in [5.74, 6) is 1.48. The van der Waals surface area contributed by atoms with E-state index in [0.717, 1.165) is 53.8 Å². The number of hydrogen-bond donors (Lipinski definition) is 0. The molecule has 0 radical (unpaired) electrons. The van der Waals surface area contributed by atoms with E-state index in [9.17, 15) is 5.26 Å². The first-order chi connectivity index (χ1) is 14.7. The zero-order valence-electron chi connectivity index (χ0n) is 16.2. The van der Waals surface area contributed by atoms with E-state index in [1.54, 1.807) is 11.8 Å². The molecule has 4 heterocycles. The predicted octanol–water partition coefficient (Wildman–Crippen LogP) is 4.94. The normalized spacial score (nSPS) is 13.8. The lowest BCUT2D eigenvalue weighted by Crippen LogP contribution is -2.22. The lowest BCUT2D eigenvalue weighted by Gasteiger charge is -2.18. The molecule has 0 unspecified atom stereocenters. The van der Waals surface area contributed by atoms with Crippen LogP contribution in [0, 0.1) is 11.3 Å². The Morgan fingerprint density at radius 2 is 1.97 bits per heavy atom. The molecule has 0 amide bonds. The van der Waals surface area contributed by atoms with Crippen LogP contribution in [0.1, 0.15) is 24.0 Å². The molecule has 1 aliphatic heterocycles. The van der Waals surface area contributed by atoms with Gasteiger partial charge in [0.25, 0.3) is 0 Å². The molecule has 0 aliphatic carbocycles. The average molecular weight is 435 g/mol. The van der Waals surface area contributed by atoms with Crippen molar-refractivity contribution in [1.82, 2.24) is 19.2 Å². The Hall–Kier alpha value is -2.95. The molecule has 6 nitrogen and oxygen atoms in total. The van der Waals surface area contributed by atoms with Crippen molar-refractivity contribution in [3.8, 4) is 11.8 Å². The third-order valence-electron chi connectivity index (χ3n) is 5.30. The van der Waals surface area contributed by atoms with Gasteiger partial charge >= 0.3 is 0 Å². The number of aromatic nitrogens is 4. The standard InChI is InChI=1S/C22H19ClN6S/c23-17-6-5-7-18(12-17)29-21(27-9-3-4-10-27)25-26-22(29)30-15-16-14-28-11-2-1-8-20(28)19(16)13-24/h1-2,5-8,11-12,14H,3-4,9-10,15H2. The highest BCUT2D eigenvalue weighted by molar-refractivity contribution is 7.98. The van der Waals surface area contributed by atoms with Gasteiger partial charge in [0.1, 0.15) is 6.07 Å². The van der Waals surface area contributed by atoms with Gasteiger partial charge in [-0.15, -0.1) is 10.2 Å². The van der Waals surface area contributed by atoms with Crippen LogP contribution in [0.4, 0.5) is 5.95 Å². The Morgan fingerprint density at radius 3 is 2.77 bits per heavy atom. The van der Waals surface area contributed by atoms with Gasteiger partial charge in [0.05, 0.1) is 16.8 Å². The van der Waals surface area contributed by atoms with Crippen molar-refractivity contribution >= 4 is 34.8 Å². The number of nitriles is 1. The SMILES string of the molecule is N#Cc1c(CSc2nnc(N3CCCC3)n2-c2cccc(Cl)c2)cn2ccccc12. The van der Waals surface area contributed by atoms with Crippen LogP contribution in [0.5, 0.6) is 0 Å². The maximum absolute atomic E-state index is 9.69. The number of thioether (sulfide) groups is 1. The van der Waals surface area contributed by atoms with Crippen molar-refractivity contribution in [1.29, 1.82) is 5.26 Å². The predicted molar refractivity (Wildman–Crippen MR) is 119 cm³/mol. The summed E-state index contributed by atoms with van der Waals surface area (Å²) in [6, 6.07) is 16.0. The van der Waals surface area contributed by atoms with Crippen LogP contribution in [0.25, 0.3) is 11.2 Å². The van der Waals surface area contributed by atoms with Crippen LogP contribution in [-0.4, -0.2) is 32.3 Å². The molecule has 0 atom stereocenters. The van der Waals surface area contributed by atoms with Crippen LogP contribution in [0.15, 0.2) is 60.0 Å². The summed E-state index contributed by atoms with van der Waals surface area (Å²) in [7, 11) is 0. The first-order valence-corrected chi connectivity index (χ1v) is 11.2. The maximum Gasteiger partial charge on any atom is 0.232 e. The van der Waals surface area contributed by atoms with E-state index in [0.29, 0.717) is 16.3 Å². The fraction of sp³-hybridized carbons (Fsp3) is 0.227. The van der Waals surface area contributed by atoms with Gasteiger partial charge in [-0.05, 0) is 48.7 Å². The Balaban J connectivity index is 1.51. The second kappa shape index (κ2) is 8.05. The molecule has 1 fully saturated rings. The van der Waals surface area contributed by atoms with Gasteiger partial charge in [0, 0.05) is 36.3 Å². The summed E-state index contributed by atoms with van der Waals surface area (Å²) in [5, 5.41) is 20.2. The van der Waals surface area contributed by atoms with E-state index in [2.05, 4.69) is 25.7 Å². The van der Waals surface area contributed by atoms with E-state index in [1.165, 1.54) is 0 Å². The van der Waals surface area contributed by atoms with Gasteiger partial charge in [0.2, 0.25) is 5.95 Å². The molecular weight excluding hydrogens is 416 g/mol. The van der Waals surface area contributed by atoms with E-state index in [-0.39, 0.29) is 0 Å². The van der Waals surface area contributed by atoms with E-state index in [4.69, 9.17) is 11.6 Å². The van der Waals surface area contributed by atoms with Crippen LogP contribution in [0.3, 0.4) is 0 Å². The minimum Gasteiger partial charge on any atom is -0.341 e. The Kier molecular flexibility index (Phi) is 5.11. The van der Waals surface area contributed by atoms with Crippen molar-refractivity contribution in [2.24, 2.45) is 0 Å². The average Bonchev–Trinajstić information content (AvgIpc) is 3.49. The van der Waals surface area contributed by atoms with Gasteiger partial charge in [-0.3, -0.25) is 4.57 Å². The highest BCUT2D eigenvalue weighted by atomic mass is 35.5. The number of anilines is 1. The quantitative estimate of drug-likeness (QED) is 0.416. The third kappa shape index (κ3) is 3.42. The summed E-state index contributed by atoms with van der Waals surface area (Å²) >= 11 is 7.85. The smallest absolute Gasteiger partial charge is 0.232 e. The summed E-state index contributed by atoms with van der Waals surface area (Å²) in [6.07, 6.45) is 6.30. The molecule has 1 aromatic carbocycles. The van der Waals surface area contributed by atoms with E-state index < -0.39 is 0 Å². The fourth-order valence-electron chi connectivity index (χ4n) is 3.88. The molecule has 3 aromatic heterocycles. The monoisotopic (exact) mass is 434 g/mol. The van der Waals surface area contributed by atoms with Crippen LogP contribution < -0.4 is 4.90 Å². The van der Waals surface area contributed by atoms with Gasteiger partial charge in [-0.2, -0.15) is 5.26 Å². The highest BCUT2D eigenvalue weighted by Crippen LogP contribution is 2.32. The lowest BCUT2D eigenvalue weighted by atomic mass is 10.2. The number of benzene rings is 1. The number of nitrogens with zero attached hydrogens (tertiary/aromatic N) is 6. The second-order valence-electron chi connectivity index (χ2n) is 7.21. The molecule has 8 heteroatoms. The molecular formula is C22H19ClN6S.